The van der Waals surface area contributed by atoms with Crippen molar-refractivity contribution in [2.75, 3.05) is 0 Å². The van der Waals surface area contributed by atoms with Crippen molar-refractivity contribution in [3.8, 4) is 11.6 Å². The lowest BCUT2D eigenvalue weighted by molar-refractivity contribution is 0.139. The van der Waals surface area contributed by atoms with Gasteiger partial charge in [0.15, 0.2) is 0 Å². The maximum Gasteiger partial charge on any atom is 0.213 e. The second-order valence-electron chi connectivity index (χ2n) is 8.26. The summed E-state index contributed by atoms with van der Waals surface area (Å²) < 4.78 is 8.25. The number of aliphatic hydroxyl groups excluding tert-OH is 1. The number of nitrogens with zero attached hydrogens (tertiary/aromatic N) is 4. The van der Waals surface area contributed by atoms with Crippen molar-refractivity contribution in [2.24, 2.45) is 0 Å². The predicted molar refractivity (Wildman–Crippen MR) is 109 cm³/mol. The molecule has 1 aliphatic carbocycles. The molecule has 6 nitrogen and oxygen atoms in total. The van der Waals surface area contributed by atoms with Crippen molar-refractivity contribution in [1.82, 2.24) is 19.7 Å². The van der Waals surface area contributed by atoms with Crippen LogP contribution in [0, 0.1) is 6.92 Å². The molecule has 150 valence electrons. The highest BCUT2D eigenvalue weighted by Crippen LogP contribution is 2.36. The molecule has 5 rings (SSSR count). The van der Waals surface area contributed by atoms with Crippen LogP contribution in [0.25, 0.3) is 5.69 Å². The summed E-state index contributed by atoms with van der Waals surface area (Å²) in [5, 5.41) is 19.5. The van der Waals surface area contributed by atoms with Gasteiger partial charge in [0.25, 0.3) is 0 Å². The molecule has 6 heteroatoms. The first kappa shape index (κ1) is 18.3. The van der Waals surface area contributed by atoms with Gasteiger partial charge in [0.1, 0.15) is 17.8 Å². The summed E-state index contributed by atoms with van der Waals surface area (Å²) in [7, 11) is 0. The SMILES string of the molecule is Cc1ccc2c(c1)CC(O)Cc1nnc(C3CCC(Oc4ccccn4)CC3)n1-2. The maximum absolute atomic E-state index is 10.5. The van der Waals surface area contributed by atoms with E-state index in [2.05, 4.69) is 44.9 Å². The molecule has 0 radical (unpaired) electrons. The van der Waals surface area contributed by atoms with Gasteiger partial charge in [0.05, 0.1) is 11.8 Å². The minimum absolute atomic E-state index is 0.199. The largest absolute Gasteiger partial charge is 0.474 e. The number of fused-ring (bicyclic) bond motifs is 3. The molecule has 0 amide bonds. The van der Waals surface area contributed by atoms with E-state index in [-0.39, 0.29) is 6.10 Å². The first-order valence-corrected chi connectivity index (χ1v) is 10.5. The first-order chi connectivity index (χ1) is 14.2. The fraction of sp³-hybridized carbons (Fsp3) is 0.435. The van der Waals surface area contributed by atoms with Gasteiger partial charge in [-0.05, 0) is 50.3 Å². The lowest BCUT2D eigenvalue weighted by Gasteiger charge is -2.28. The van der Waals surface area contributed by atoms with Gasteiger partial charge in [0.2, 0.25) is 5.88 Å². The van der Waals surface area contributed by atoms with Crippen molar-refractivity contribution in [3.05, 3.63) is 65.4 Å². The molecule has 0 bridgehead atoms. The minimum atomic E-state index is -0.420. The topological polar surface area (TPSA) is 73.1 Å². The molecule has 3 heterocycles. The van der Waals surface area contributed by atoms with Crippen LogP contribution in [0.5, 0.6) is 5.88 Å². The molecule has 1 atom stereocenters. The Hall–Kier alpha value is -2.73. The zero-order valence-electron chi connectivity index (χ0n) is 16.7. The summed E-state index contributed by atoms with van der Waals surface area (Å²) in [6.07, 6.45) is 6.72. The van der Waals surface area contributed by atoms with E-state index in [1.54, 1.807) is 6.20 Å². The second-order valence-corrected chi connectivity index (χ2v) is 8.26. The molecule has 0 saturated heterocycles. The average Bonchev–Trinajstić information content (AvgIpc) is 3.06. The Balaban J connectivity index is 1.38. The zero-order chi connectivity index (χ0) is 19.8. The molecule has 1 aliphatic heterocycles. The summed E-state index contributed by atoms with van der Waals surface area (Å²) in [5.41, 5.74) is 3.50. The second kappa shape index (κ2) is 7.59. The Morgan fingerprint density at radius 3 is 2.69 bits per heavy atom. The Labute approximate surface area is 170 Å². The molecule has 2 aromatic heterocycles. The number of pyridine rings is 1. The van der Waals surface area contributed by atoms with Crippen LogP contribution in [-0.4, -0.2) is 37.1 Å². The third-order valence-corrected chi connectivity index (χ3v) is 6.07. The average molecular weight is 390 g/mol. The highest BCUT2D eigenvalue weighted by Gasteiger charge is 2.31. The van der Waals surface area contributed by atoms with Gasteiger partial charge in [-0.15, -0.1) is 10.2 Å². The molecular formula is C23H26N4O2. The number of rotatable bonds is 3. The van der Waals surface area contributed by atoms with Crippen molar-refractivity contribution < 1.29 is 9.84 Å². The number of ether oxygens (including phenoxy) is 1. The van der Waals surface area contributed by atoms with E-state index in [9.17, 15) is 5.11 Å². The van der Waals surface area contributed by atoms with Gasteiger partial charge in [-0.2, -0.15) is 0 Å². The Morgan fingerprint density at radius 2 is 1.90 bits per heavy atom. The number of aromatic nitrogens is 4. The van der Waals surface area contributed by atoms with Crippen LogP contribution in [0.4, 0.5) is 0 Å². The van der Waals surface area contributed by atoms with E-state index in [1.807, 2.05) is 18.2 Å². The zero-order valence-corrected chi connectivity index (χ0v) is 16.7. The minimum Gasteiger partial charge on any atom is -0.474 e. The van der Waals surface area contributed by atoms with Crippen LogP contribution in [0.2, 0.25) is 0 Å². The van der Waals surface area contributed by atoms with E-state index >= 15 is 0 Å². The smallest absolute Gasteiger partial charge is 0.213 e. The molecule has 1 fully saturated rings. The summed E-state index contributed by atoms with van der Waals surface area (Å²) in [5.74, 6) is 2.94. The van der Waals surface area contributed by atoms with Crippen LogP contribution in [0.3, 0.4) is 0 Å². The van der Waals surface area contributed by atoms with E-state index in [1.165, 1.54) is 11.1 Å². The molecule has 0 spiro atoms. The maximum atomic E-state index is 10.5. The number of hydrogen-bond acceptors (Lipinski definition) is 5. The third kappa shape index (κ3) is 3.65. The molecule has 29 heavy (non-hydrogen) atoms. The van der Waals surface area contributed by atoms with Crippen molar-refractivity contribution in [1.29, 1.82) is 0 Å². The highest BCUT2D eigenvalue weighted by molar-refractivity contribution is 5.47. The number of aryl methyl sites for hydroxylation is 1. The summed E-state index contributed by atoms with van der Waals surface area (Å²) in [6, 6.07) is 12.2. The molecule has 1 saturated carbocycles. The quantitative estimate of drug-likeness (QED) is 0.741. The Kier molecular flexibility index (Phi) is 4.79. The number of benzene rings is 1. The third-order valence-electron chi connectivity index (χ3n) is 6.07. The monoisotopic (exact) mass is 390 g/mol. The molecular weight excluding hydrogens is 364 g/mol. The number of hydrogen-bond donors (Lipinski definition) is 1. The van der Waals surface area contributed by atoms with Crippen molar-refractivity contribution in [2.45, 2.75) is 63.6 Å². The van der Waals surface area contributed by atoms with Gasteiger partial charge < -0.3 is 9.84 Å². The fourth-order valence-corrected chi connectivity index (χ4v) is 4.65. The normalized spacial score (nSPS) is 23.7. The van der Waals surface area contributed by atoms with Gasteiger partial charge in [-0.3, -0.25) is 4.57 Å². The van der Waals surface area contributed by atoms with Crippen LogP contribution < -0.4 is 4.74 Å². The highest BCUT2D eigenvalue weighted by atomic mass is 16.5. The van der Waals surface area contributed by atoms with Gasteiger partial charge in [-0.25, -0.2) is 4.98 Å². The first-order valence-electron chi connectivity index (χ1n) is 10.5. The number of aliphatic hydroxyl groups is 1. The van der Waals surface area contributed by atoms with Crippen molar-refractivity contribution in [3.63, 3.8) is 0 Å². The van der Waals surface area contributed by atoms with Gasteiger partial charge in [-0.1, -0.05) is 23.8 Å². The fourth-order valence-electron chi connectivity index (χ4n) is 4.65. The van der Waals surface area contributed by atoms with E-state index in [0.717, 1.165) is 43.0 Å². The van der Waals surface area contributed by atoms with E-state index < -0.39 is 6.10 Å². The van der Waals surface area contributed by atoms with Crippen LogP contribution >= 0.6 is 0 Å². The lowest BCUT2D eigenvalue weighted by atomic mass is 9.86. The Bertz CT molecular complexity index is 993. The van der Waals surface area contributed by atoms with Crippen LogP contribution in [0.1, 0.15) is 54.4 Å². The van der Waals surface area contributed by atoms with Crippen LogP contribution in [-0.2, 0) is 12.8 Å². The standard InChI is InChI=1S/C23H26N4O2/c1-15-5-10-20-17(12-15)13-18(28)14-21-25-26-23(27(20)21)16-6-8-19(9-7-16)29-22-4-2-3-11-24-22/h2-5,10-12,16,18-19,28H,6-9,13-14H2,1H3. The molecule has 1 unspecified atom stereocenters. The van der Waals surface area contributed by atoms with E-state index in [4.69, 9.17) is 4.74 Å². The van der Waals surface area contributed by atoms with Crippen molar-refractivity contribution >= 4 is 0 Å². The van der Waals surface area contributed by atoms with Gasteiger partial charge >= 0.3 is 0 Å². The summed E-state index contributed by atoms with van der Waals surface area (Å²) in [4.78, 5) is 4.28. The van der Waals surface area contributed by atoms with Gasteiger partial charge in [0, 0.05) is 31.0 Å². The Morgan fingerprint density at radius 1 is 1.03 bits per heavy atom. The lowest BCUT2D eigenvalue weighted by Crippen LogP contribution is -2.25. The summed E-state index contributed by atoms with van der Waals surface area (Å²) in [6.45, 7) is 2.09. The predicted octanol–water partition coefficient (Wildman–Crippen LogP) is 3.54. The summed E-state index contributed by atoms with van der Waals surface area (Å²) >= 11 is 0. The van der Waals surface area contributed by atoms with Crippen LogP contribution in [0.15, 0.2) is 42.6 Å². The van der Waals surface area contributed by atoms with E-state index in [0.29, 0.717) is 24.6 Å². The molecule has 1 aromatic carbocycles. The molecule has 3 aromatic rings. The molecule has 1 N–H and O–H groups in total. The molecule has 2 aliphatic rings.